The summed E-state index contributed by atoms with van der Waals surface area (Å²) >= 11 is 1.11. The van der Waals surface area contributed by atoms with Crippen LogP contribution in [-0.2, 0) is 6.18 Å². The summed E-state index contributed by atoms with van der Waals surface area (Å²) in [5.41, 5.74) is 0.654. The fraction of sp³-hybridized carbons (Fsp3) is 0.316. The Morgan fingerprint density at radius 3 is 2.66 bits per heavy atom. The minimum atomic E-state index is -4.71. The van der Waals surface area contributed by atoms with Crippen LogP contribution in [0.15, 0.2) is 29.8 Å². The second-order valence-corrected chi connectivity index (χ2v) is 7.50. The minimum absolute atomic E-state index is 0.180. The van der Waals surface area contributed by atoms with E-state index in [0.29, 0.717) is 11.4 Å². The van der Waals surface area contributed by atoms with Crippen molar-refractivity contribution in [3.05, 3.63) is 46.6 Å². The van der Waals surface area contributed by atoms with E-state index >= 15 is 0 Å². The number of aromatic nitrogens is 3. The maximum absolute atomic E-state index is 13.5. The topological polar surface area (TPSA) is 69.0 Å². The minimum Gasteiger partial charge on any atom is -0.496 e. The van der Waals surface area contributed by atoms with Gasteiger partial charge in [-0.1, -0.05) is 11.6 Å². The second-order valence-electron chi connectivity index (χ2n) is 6.64. The van der Waals surface area contributed by atoms with Gasteiger partial charge in [-0.2, -0.15) is 18.3 Å². The van der Waals surface area contributed by atoms with Gasteiger partial charge in [-0.25, -0.2) is 4.98 Å². The molecule has 0 saturated carbocycles. The smallest absolute Gasteiger partial charge is 0.433 e. The average molecular weight is 424 g/mol. The number of ether oxygens (including phenoxy) is 1. The monoisotopic (exact) mass is 424 g/mol. The lowest BCUT2D eigenvalue weighted by molar-refractivity contribution is -0.145. The zero-order chi connectivity index (χ0) is 21.3. The van der Waals surface area contributed by atoms with E-state index in [-0.39, 0.29) is 5.13 Å². The van der Waals surface area contributed by atoms with Crippen LogP contribution in [0.1, 0.15) is 41.5 Å². The van der Waals surface area contributed by atoms with Crippen molar-refractivity contribution >= 4 is 22.4 Å². The van der Waals surface area contributed by atoms with Crippen LogP contribution < -0.4 is 10.1 Å². The number of benzene rings is 1. The fourth-order valence-electron chi connectivity index (χ4n) is 2.84. The first-order chi connectivity index (χ1) is 13.6. The molecule has 1 aromatic carbocycles. The number of carbonyl (C=O) groups is 1. The van der Waals surface area contributed by atoms with Gasteiger partial charge in [0.15, 0.2) is 10.8 Å². The quantitative estimate of drug-likeness (QED) is 0.613. The third-order valence-electron chi connectivity index (χ3n) is 4.15. The van der Waals surface area contributed by atoms with Gasteiger partial charge in [0.05, 0.1) is 24.6 Å². The van der Waals surface area contributed by atoms with Crippen LogP contribution in [0.4, 0.5) is 18.3 Å². The van der Waals surface area contributed by atoms with Crippen molar-refractivity contribution in [1.82, 2.24) is 14.8 Å². The molecule has 154 valence electrons. The Kier molecular flexibility index (Phi) is 5.65. The van der Waals surface area contributed by atoms with Crippen molar-refractivity contribution < 1.29 is 22.7 Å². The Labute approximate surface area is 169 Å². The number of methoxy groups -OCH3 is 1. The predicted molar refractivity (Wildman–Crippen MR) is 104 cm³/mol. The fourth-order valence-corrected chi connectivity index (χ4v) is 3.55. The first-order valence-electron chi connectivity index (χ1n) is 8.68. The lowest BCUT2D eigenvalue weighted by Gasteiger charge is -2.14. The van der Waals surface area contributed by atoms with Crippen LogP contribution in [0.25, 0.3) is 11.3 Å². The molecule has 0 bridgehead atoms. The SMILES string of the molecule is COc1ccc(C)cc1-c1csc(NC(=O)c2cnn(C(C)C)c2C(F)(F)F)n1. The molecule has 3 rings (SSSR count). The number of amides is 1. The van der Waals surface area contributed by atoms with Crippen LogP contribution in [-0.4, -0.2) is 27.8 Å². The Morgan fingerprint density at radius 1 is 1.31 bits per heavy atom. The number of halogens is 3. The maximum Gasteiger partial charge on any atom is 0.433 e. The van der Waals surface area contributed by atoms with Crippen molar-refractivity contribution in [1.29, 1.82) is 0 Å². The molecule has 2 heterocycles. The molecule has 3 aromatic rings. The van der Waals surface area contributed by atoms with E-state index in [9.17, 15) is 18.0 Å². The first kappa shape index (κ1) is 20.8. The number of hydrogen-bond donors (Lipinski definition) is 1. The molecule has 0 radical (unpaired) electrons. The number of carbonyl (C=O) groups excluding carboxylic acids is 1. The highest BCUT2D eigenvalue weighted by Gasteiger charge is 2.40. The first-order valence-corrected chi connectivity index (χ1v) is 9.56. The van der Waals surface area contributed by atoms with Gasteiger partial charge in [-0.05, 0) is 32.9 Å². The largest absolute Gasteiger partial charge is 0.496 e. The lowest BCUT2D eigenvalue weighted by Crippen LogP contribution is -2.22. The molecule has 0 saturated heterocycles. The summed E-state index contributed by atoms with van der Waals surface area (Å²) in [6.07, 6.45) is -3.79. The van der Waals surface area contributed by atoms with E-state index in [1.807, 2.05) is 19.1 Å². The molecule has 29 heavy (non-hydrogen) atoms. The molecule has 0 aliphatic rings. The zero-order valence-electron chi connectivity index (χ0n) is 16.2. The average Bonchev–Trinajstić information content (AvgIpc) is 3.28. The van der Waals surface area contributed by atoms with E-state index < -0.39 is 29.4 Å². The van der Waals surface area contributed by atoms with Gasteiger partial charge in [-0.3, -0.25) is 14.8 Å². The number of nitrogens with zero attached hydrogens (tertiary/aromatic N) is 3. The zero-order valence-corrected chi connectivity index (χ0v) is 17.0. The summed E-state index contributed by atoms with van der Waals surface area (Å²) in [4.78, 5) is 16.8. The number of aryl methyl sites for hydroxylation is 1. The number of thiazole rings is 1. The Bertz CT molecular complexity index is 1040. The highest BCUT2D eigenvalue weighted by molar-refractivity contribution is 7.14. The van der Waals surface area contributed by atoms with Crippen LogP contribution in [0.5, 0.6) is 5.75 Å². The van der Waals surface area contributed by atoms with Crippen LogP contribution >= 0.6 is 11.3 Å². The van der Waals surface area contributed by atoms with E-state index in [4.69, 9.17) is 4.74 Å². The van der Waals surface area contributed by atoms with Crippen molar-refractivity contribution in [2.75, 3.05) is 12.4 Å². The maximum atomic E-state index is 13.5. The van der Waals surface area contributed by atoms with Crippen molar-refractivity contribution in [2.24, 2.45) is 0 Å². The van der Waals surface area contributed by atoms with Gasteiger partial charge in [-0.15, -0.1) is 11.3 Å². The van der Waals surface area contributed by atoms with E-state index in [1.165, 1.54) is 7.11 Å². The number of anilines is 1. The number of rotatable bonds is 5. The Balaban J connectivity index is 1.90. The number of hydrogen-bond acceptors (Lipinski definition) is 5. The van der Waals surface area contributed by atoms with Crippen LogP contribution in [0.2, 0.25) is 0 Å². The van der Waals surface area contributed by atoms with Gasteiger partial charge in [0.2, 0.25) is 0 Å². The van der Waals surface area contributed by atoms with Crippen molar-refractivity contribution in [3.8, 4) is 17.0 Å². The molecule has 0 atom stereocenters. The van der Waals surface area contributed by atoms with E-state index in [0.717, 1.165) is 33.3 Å². The van der Waals surface area contributed by atoms with Crippen LogP contribution in [0.3, 0.4) is 0 Å². The molecule has 0 unspecified atom stereocenters. The Hall–Kier alpha value is -2.88. The van der Waals surface area contributed by atoms with Gasteiger partial charge in [0.1, 0.15) is 5.75 Å². The highest BCUT2D eigenvalue weighted by Crippen LogP contribution is 2.35. The molecular weight excluding hydrogens is 405 g/mol. The highest BCUT2D eigenvalue weighted by atomic mass is 32.1. The molecular formula is C19H19F3N4O2S. The predicted octanol–water partition coefficient (Wildman–Crippen LogP) is 5.18. The van der Waals surface area contributed by atoms with Gasteiger partial charge in [0.25, 0.3) is 5.91 Å². The van der Waals surface area contributed by atoms with E-state index in [2.05, 4.69) is 15.4 Å². The number of nitrogens with one attached hydrogen (secondary N) is 1. The summed E-state index contributed by atoms with van der Waals surface area (Å²) in [5.74, 6) is -0.308. The molecule has 2 aromatic heterocycles. The van der Waals surface area contributed by atoms with Crippen molar-refractivity contribution in [2.45, 2.75) is 33.0 Å². The molecule has 10 heteroatoms. The van der Waals surface area contributed by atoms with Crippen LogP contribution in [0, 0.1) is 6.92 Å². The molecule has 0 spiro atoms. The third kappa shape index (κ3) is 4.26. The molecule has 0 fully saturated rings. The van der Waals surface area contributed by atoms with Crippen molar-refractivity contribution in [3.63, 3.8) is 0 Å². The Morgan fingerprint density at radius 2 is 2.03 bits per heavy atom. The lowest BCUT2D eigenvalue weighted by atomic mass is 10.1. The van der Waals surface area contributed by atoms with Gasteiger partial charge < -0.3 is 4.74 Å². The summed E-state index contributed by atoms with van der Waals surface area (Å²) in [6.45, 7) is 5.04. The number of alkyl halides is 3. The third-order valence-corrected chi connectivity index (χ3v) is 4.91. The summed E-state index contributed by atoms with van der Waals surface area (Å²) in [6, 6.07) is 5.03. The van der Waals surface area contributed by atoms with E-state index in [1.54, 1.807) is 25.3 Å². The molecule has 1 N–H and O–H groups in total. The summed E-state index contributed by atoms with van der Waals surface area (Å²) in [5, 5.41) is 8.05. The summed E-state index contributed by atoms with van der Waals surface area (Å²) in [7, 11) is 1.54. The normalized spacial score (nSPS) is 11.7. The molecule has 1 amide bonds. The molecule has 6 nitrogen and oxygen atoms in total. The van der Waals surface area contributed by atoms with Gasteiger partial charge in [0, 0.05) is 17.0 Å². The molecule has 0 aliphatic heterocycles. The second kappa shape index (κ2) is 7.86. The van der Waals surface area contributed by atoms with Gasteiger partial charge >= 0.3 is 6.18 Å². The molecule has 0 aliphatic carbocycles. The standard InChI is InChI=1S/C19H19F3N4O2S/c1-10(2)26-16(19(20,21)22)13(8-23-26)17(27)25-18-24-14(9-29-18)12-7-11(3)5-6-15(12)28-4/h5-10H,1-4H3,(H,24,25,27). The summed E-state index contributed by atoms with van der Waals surface area (Å²) < 4.78 is 46.6.